The number of piperidine rings is 1. The minimum atomic E-state index is 0.348. The van der Waals surface area contributed by atoms with Crippen molar-refractivity contribution in [3.63, 3.8) is 0 Å². The van der Waals surface area contributed by atoms with Crippen molar-refractivity contribution in [1.29, 1.82) is 0 Å². The lowest BCUT2D eigenvalue weighted by atomic mass is 9.91. The van der Waals surface area contributed by atoms with Crippen LogP contribution < -0.4 is 5.73 Å². The van der Waals surface area contributed by atoms with Crippen molar-refractivity contribution >= 4 is 0 Å². The Labute approximate surface area is 91.2 Å². The van der Waals surface area contributed by atoms with Gasteiger partial charge in [-0.3, -0.25) is 4.90 Å². The Morgan fingerprint density at radius 3 is 2.80 bits per heavy atom. The quantitative estimate of drug-likeness (QED) is 0.824. The molecule has 1 saturated heterocycles. The van der Waals surface area contributed by atoms with Gasteiger partial charge >= 0.3 is 0 Å². The fourth-order valence-corrected chi connectivity index (χ4v) is 2.28. The third-order valence-electron chi connectivity index (χ3n) is 3.36. The van der Waals surface area contributed by atoms with Crippen LogP contribution in [0, 0.1) is 5.92 Å². The van der Waals surface area contributed by atoms with Crippen LogP contribution in [0.3, 0.4) is 0 Å². The first kappa shape index (κ1) is 10.7. The normalized spacial score (nSPS) is 21.7. The van der Waals surface area contributed by atoms with E-state index in [2.05, 4.69) is 11.8 Å². The van der Waals surface area contributed by atoms with Gasteiger partial charge in [-0.15, -0.1) is 0 Å². The molecule has 1 aliphatic rings. The van der Waals surface area contributed by atoms with E-state index in [0.29, 0.717) is 12.0 Å². The van der Waals surface area contributed by atoms with Gasteiger partial charge in [0.25, 0.3) is 0 Å². The second kappa shape index (κ2) is 4.81. The molecule has 0 spiro atoms. The van der Waals surface area contributed by atoms with Gasteiger partial charge < -0.3 is 10.2 Å². The van der Waals surface area contributed by atoms with Gasteiger partial charge in [0.15, 0.2) is 0 Å². The molecule has 3 nitrogen and oxygen atoms in total. The fraction of sp³-hybridized carbons (Fsp3) is 0.667. The van der Waals surface area contributed by atoms with Gasteiger partial charge in [0.1, 0.15) is 0 Å². The van der Waals surface area contributed by atoms with Crippen LogP contribution in [-0.2, 0) is 6.54 Å². The highest BCUT2D eigenvalue weighted by molar-refractivity contribution is 5.05. The molecule has 15 heavy (non-hydrogen) atoms. The van der Waals surface area contributed by atoms with Crippen molar-refractivity contribution in [1.82, 2.24) is 4.90 Å². The standard InChI is InChI=1S/C12H20N2O/c1-10(13)12-2-5-14(6-3-12)8-11-4-7-15-9-11/h4,7,9-10,12H,2-3,5-6,8,13H2,1H3. The molecule has 1 atom stereocenters. The van der Waals surface area contributed by atoms with Crippen LogP contribution in [0.5, 0.6) is 0 Å². The molecular formula is C12H20N2O. The molecule has 0 aliphatic carbocycles. The van der Waals surface area contributed by atoms with Crippen molar-refractivity contribution in [2.45, 2.75) is 32.4 Å². The van der Waals surface area contributed by atoms with Gasteiger partial charge in [0, 0.05) is 18.2 Å². The van der Waals surface area contributed by atoms with E-state index in [9.17, 15) is 0 Å². The summed E-state index contributed by atoms with van der Waals surface area (Å²) in [6.07, 6.45) is 6.03. The second-order valence-corrected chi connectivity index (χ2v) is 4.60. The first-order chi connectivity index (χ1) is 7.25. The number of furan rings is 1. The monoisotopic (exact) mass is 208 g/mol. The van der Waals surface area contributed by atoms with Crippen LogP contribution in [0.15, 0.2) is 23.0 Å². The largest absolute Gasteiger partial charge is 0.472 e. The maximum absolute atomic E-state index is 5.92. The van der Waals surface area contributed by atoms with Crippen molar-refractivity contribution in [2.75, 3.05) is 13.1 Å². The molecule has 1 aromatic heterocycles. The predicted octanol–water partition coefficient (Wildman–Crippen LogP) is 1.84. The van der Waals surface area contributed by atoms with Crippen molar-refractivity contribution in [3.05, 3.63) is 24.2 Å². The van der Waals surface area contributed by atoms with E-state index < -0.39 is 0 Å². The van der Waals surface area contributed by atoms with Crippen LogP contribution in [0.4, 0.5) is 0 Å². The maximum atomic E-state index is 5.92. The lowest BCUT2D eigenvalue weighted by Gasteiger charge is -2.33. The fourth-order valence-electron chi connectivity index (χ4n) is 2.28. The summed E-state index contributed by atoms with van der Waals surface area (Å²) in [5, 5.41) is 0. The summed E-state index contributed by atoms with van der Waals surface area (Å²) in [4.78, 5) is 2.48. The minimum absolute atomic E-state index is 0.348. The van der Waals surface area contributed by atoms with E-state index in [1.807, 2.05) is 12.3 Å². The van der Waals surface area contributed by atoms with Crippen molar-refractivity contribution in [2.24, 2.45) is 11.7 Å². The molecule has 0 bridgehead atoms. The van der Waals surface area contributed by atoms with Crippen molar-refractivity contribution < 1.29 is 4.42 Å². The summed E-state index contributed by atoms with van der Waals surface area (Å²) in [7, 11) is 0. The summed E-state index contributed by atoms with van der Waals surface area (Å²) in [5.74, 6) is 0.714. The first-order valence-electron chi connectivity index (χ1n) is 5.74. The van der Waals surface area contributed by atoms with Crippen LogP contribution in [0.2, 0.25) is 0 Å². The number of likely N-dealkylation sites (tertiary alicyclic amines) is 1. The Kier molecular flexibility index (Phi) is 3.44. The Morgan fingerprint density at radius 2 is 2.27 bits per heavy atom. The number of hydrogen-bond acceptors (Lipinski definition) is 3. The van der Waals surface area contributed by atoms with Gasteiger partial charge in [-0.05, 0) is 44.8 Å². The number of nitrogens with two attached hydrogens (primary N) is 1. The van der Waals surface area contributed by atoms with E-state index in [0.717, 1.165) is 19.6 Å². The lowest BCUT2D eigenvalue weighted by Crippen LogP contribution is -2.39. The summed E-state index contributed by atoms with van der Waals surface area (Å²) in [6.45, 7) is 5.47. The molecule has 2 N–H and O–H groups in total. The van der Waals surface area contributed by atoms with Gasteiger partial charge in [0.05, 0.1) is 12.5 Å². The van der Waals surface area contributed by atoms with Crippen LogP contribution in [0.1, 0.15) is 25.3 Å². The SMILES string of the molecule is CC(N)C1CCN(Cc2ccoc2)CC1. The minimum Gasteiger partial charge on any atom is -0.472 e. The molecule has 0 amide bonds. The van der Waals surface area contributed by atoms with E-state index in [1.54, 1.807) is 6.26 Å². The average Bonchev–Trinajstić information content (AvgIpc) is 2.71. The molecule has 1 aromatic rings. The van der Waals surface area contributed by atoms with Crippen LogP contribution in [0.25, 0.3) is 0 Å². The van der Waals surface area contributed by atoms with E-state index in [4.69, 9.17) is 10.2 Å². The maximum Gasteiger partial charge on any atom is 0.0947 e. The molecule has 1 aliphatic heterocycles. The highest BCUT2D eigenvalue weighted by atomic mass is 16.3. The molecule has 1 fully saturated rings. The highest BCUT2D eigenvalue weighted by Gasteiger charge is 2.21. The molecule has 1 unspecified atom stereocenters. The Morgan fingerprint density at radius 1 is 1.53 bits per heavy atom. The third-order valence-corrected chi connectivity index (χ3v) is 3.36. The molecular weight excluding hydrogens is 188 g/mol. The van der Waals surface area contributed by atoms with Gasteiger partial charge in [-0.2, -0.15) is 0 Å². The zero-order valence-corrected chi connectivity index (χ0v) is 9.36. The summed E-state index contributed by atoms with van der Waals surface area (Å²) in [5.41, 5.74) is 7.19. The lowest BCUT2D eigenvalue weighted by molar-refractivity contribution is 0.165. The zero-order valence-electron chi connectivity index (χ0n) is 9.36. The number of rotatable bonds is 3. The molecule has 2 heterocycles. The van der Waals surface area contributed by atoms with Gasteiger partial charge in [0.2, 0.25) is 0 Å². The smallest absolute Gasteiger partial charge is 0.0947 e. The summed E-state index contributed by atoms with van der Waals surface area (Å²) < 4.78 is 5.07. The molecule has 0 radical (unpaired) electrons. The summed E-state index contributed by atoms with van der Waals surface area (Å²) in [6, 6.07) is 2.39. The van der Waals surface area contributed by atoms with Gasteiger partial charge in [-0.1, -0.05) is 0 Å². The molecule has 0 aromatic carbocycles. The molecule has 3 heteroatoms. The highest BCUT2D eigenvalue weighted by Crippen LogP contribution is 2.20. The van der Waals surface area contributed by atoms with Crippen LogP contribution in [-0.4, -0.2) is 24.0 Å². The first-order valence-corrected chi connectivity index (χ1v) is 5.74. The van der Waals surface area contributed by atoms with E-state index in [-0.39, 0.29) is 0 Å². The Balaban J connectivity index is 1.79. The Bertz CT molecular complexity index is 274. The molecule has 2 rings (SSSR count). The predicted molar refractivity (Wildman–Crippen MR) is 60.4 cm³/mol. The number of hydrogen-bond donors (Lipinski definition) is 1. The summed E-state index contributed by atoms with van der Waals surface area (Å²) >= 11 is 0. The van der Waals surface area contributed by atoms with Gasteiger partial charge in [-0.25, -0.2) is 0 Å². The zero-order chi connectivity index (χ0) is 10.7. The molecule has 0 saturated carbocycles. The van der Waals surface area contributed by atoms with E-state index >= 15 is 0 Å². The van der Waals surface area contributed by atoms with E-state index in [1.165, 1.54) is 18.4 Å². The third kappa shape index (κ3) is 2.83. The number of nitrogens with zero attached hydrogens (tertiary/aromatic N) is 1. The Hall–Kier alpha value is -0.800. The average molecular weight is 208 g/mol. The molecule has 84 valence electrons. The van der Waals surface area contributed by atoms with Crippen LogP contribution >= 0.6 is 0 Å². The second-order valence-electron chi connectivity index (χ2n) is 4.60. The topological polar surface area (TPSA) is 42.4 Å². The van der Waals surface area contributed by atoms with Crippen molar-refractivity contribution in [3.8, 4) is 0 Å².